The molecule has 0 spiro atoms. The molecule has 0 unspecified atom stereocenters. The van der Waals surface area contributed by atoms with E-state index < -0.39 is 6.43 Å². The standard InChI is InChI=1S/C14H19F2N5O/c1-4-20-11(5-6-17-20)8-19(3)13(22)9-21-10(2)7-12(18-21)14(15)16/h5-7,14H,4,8-9H2,1-3H3. The average molecular weight is 311 g/mol. The van der Waals surface area contributed by atoms with Gasteiger partial charge >= 0.3 is 0 Å². The van der Waals surface area contributed by atoms with Gasteiger partial charge in [-0.1, -0.05) is 0 Å². The first-order valence-electron chi connectivity index (χ1n) is 6.99. The van der Waals surface area contributed by atoms with Crippen molar-refractivity contribution in [1.29, 1.82) is 0 Å². The van der Waals surface area contributed by atoms with Crippen LogP contribution in [0.1, 0.15) is 30.4 Å². The molecule has 0 aromatic carbocycles. The highest BCUT2D eigenvalue weighted by Crippen LogP contribution is 2.18. The van der Waals surface area contributed by atoms with Crippen molar-refractivity contribution in [3.05, 3.63) is 35.4 Å². The maximum absolute atomic E-state index is 12.6. The van der Waals surface area contributed by atoms with Gasteiger partial charge in [-0.2, -0.15) is 10.2 Å². The summed E-state index contributed by atoms with van der Waals surface area (Å²) in [6.07, 6.45) is -0.948. The van der Waals surface area contributed by atoms with Gasteiger partial charge in [0, 0.05) is 25.5 Å². The first kappa shape index (κ1) is 16.1. The lowest BCUT2D eigenvalue weighted by Crippen LogP contribution is -2.31. The van der Waals surface area contributed by atoms with Crippen LogP contribution in [0.25, 0.3) is 0 Å². The van der Waals surface area contributed by atoms with Crippen LogP contribution in [0.5, 0.6) is 0 Å². The lowest BCUT2D eigenvalue weighted by atomic mass is 10.3. The second-order valence-electron chi connectivity index (χ2n) is 5.06. The number of halogens is 2. The Balaban J connectivity index is 2.02. The molecule has 1 amide bonds. The zero-order chi connectivity index (χ0) is 16.3. The SMILES string of the molecule is CCn1nccc1CN(C)C(=O)Cn1nc(C(F)F)cc1C. The van der Waals surface area contributed by atoms with E-state index >= 15 is 0 Å². The van der Waals surface area contributed by atoms with Gasteiger partial charge in [0.25, 0.3) is 6.43 Å². The summed E-state index contributed by atoms with van der Waals surface area (Å²) in [5.74, 6) is -0.198. The second kappa shape index (κ2) is 6.67. The Morgan fingerprint density at radius 3 is 2.73 bits per heavy atom. The molecular weight excluding hydrogens is 292 g/mol. The molecule has 0 saturated carbocycles. The van der Waals surface area contributed by atoms with Gasteiger partial charge in [0.05, 0.1) is 12.2 Å². The molecule has 22 heavy (non-hydrogen) atoms. The topological polar surface area (TPSA) is 56.0 Å². The van der Waals surface area contributed by atoms with Crippen molar-refractivity contribution in [1.82, 2.24) is 24.5 Å². The van der Waals surface area contributed by atoms with Crippen LogP contribution in [-0.2, 0) is 24.4 Å². The largest absolute Gasteiger partial charge is 0.338 e. The minimum Gasteiger partial charge on any atom is -0.338 e. The summed E-state index contributed by atoms with van der Waals surface area (Å²) in [5.41, 5.74) is 1.15. The van der Waals surface area contributed by atoms with Gasteiger partial charge < -0.3 is 4.90 Å². The Labute approximate surface area is 127 Å². The van der Waals surface area contributed by atoms with Gasteiger partial charge in [0.15, 0.2) is 0 Å². The van der Waals surface area contributed by atoms with E-state index in [2.05, 4.69) is 10.2 Å². The number of hydrogen-bond acceptors (Lipinski definition) is 3. The van der Waals surface area contributed by atoms with E-state index in [0.29, 0.717) is 12.2 Å². The Kier molecular flexibility index (Phi) is 4.89. The number of carbonyl (C=O) groups excluding carboxylic acids is 1. The van der Waals surface area contributed by atoms with Crippen molar-refractivity contribution in [2.75, 3.05) is 7.05 Å². The number of aryl methyl sites for hydroxylation is 2. The molecular formula is C14H19F2N5O. The molecule has 0 N–H and O–H groups in total. The van der Waals surface area contributed by atoms with Crippen molar-refractivity contribution in [3.63, 3.8) is 0 Å². The number of carbonyl (C=O) groups is 1. The van der Waals surface area contributed by atoms with Crippen LogP contribution in [0.2, 0.25) is 0 Å². The number of aromatic nitrogens is 4. The minimum absolute atomic E-state index is 0.0602. The zero-order valence-electron chi connectivity index (χ0n) is 12.8. The molecule has 2 aromatic rings. The van der Waals surface area contributed by atoms with E-state index in [1.165, 1.54) is 15.6 Å². The highest BCUT2D eigenvalue weighted by molar-refractivity contribution is 5.75. The van der Waals surface area contributed by atoms with Crippen LogP contribution in [0.4, 0.5) is 8.78 Å². The van der Waals surface area contributed by atoms with E-state index in [4.69, 9.17) is 0 Å². The van der Waals surface area contributed by atoms with Crippen molar-refractivity contribution >= 4 is 5.91 Å². The van der Waals surface area contributed by atoms with Crippen LogP contribution in [-0.4, -0.2) is 37.4 Å². The van der Waals surface area contributed by atoms with Crippen molar-refractivity contribution in [2.45, 2.75) is 39.9 Å². The Morgan fingerprint density at radius 2 is 2.14 bits per heavy atom. The normalized spacial score (nSPS) is 11.2. The molecule has 0 atom stereocenters. The molecule has 0 fully saturated rings. The third kappa shape index (κ3) is 3.49. The zero-order valence-corrected chi connectivity index (χ0v) is 12.8. The predicted molar refractivity (Wildman–Crippen MR) is 76.3 cm³/mol. The Morgan fingerprint density at radius 1 is 1.41 bits per heavy atom. The van der Waals surface area contributed by atoms with E-state index in [9.17, 15) is 13.6 Å². The quantitative estimate of drug-likeness (QED) is 0.820. The smallest absolute Gasteiger partial charge is 0.282 e. The number of alkyl halides is 2. The summed E-state index contributed by atoms with van der Waals surface area (Å²) < 4.78 is 28.3. The summed E-state index contributed by atoms with van der Waals surface area (Å²) in [5, 5.41) is 7.91. The first-order valence-corrected chi connectivity index (χ1v) is 6.99. The number of rotatable bonds is 6. The molecule has 2 rings (SSSR count). The summed E-state index contributed by atoms with van der Waals surface area (Å²) in [6.45, 7) is 4.69. The number of amides is 1. The van der Waals surface area contributed by atoms with E-state index in [1.807, 2.05) is 13.0 Å². The van der Waals surface area contributed by atoms with Crippen LogP contribution < -0.4 is 0 Å². The van der Waals surface area contributed by atoms with Crippen LogP contribution in [0, 0.1) is 6.92 Å². The predicted octanol–water partition coefficient (Wildman–Crippen LogP) is 2.00. The molecule has 0 aliphatic rings. The van der Waals surface area contributed by atoms with Gasteiger partial charge in [0.2, 0.25) is 5.91 Å². The van der Waals surface area contributed by atoms with Crippen LogP contribution >= 0.6 is 0 Å². The number of likely N-dealkylation sites (N-methyl/N-ethyl adjacent to an activating group) is 1. The van der Waals surface area contributed by atoms with Gasteiger partial charge in [-0.3, -0.25) is 14.2 Å². The summed E-state index contributed by atoms with van der Waals surface area (Å²) in [4.78, 5) is 13.8. The number of hydrogen-bond donors (Lipinski definition) is 0. The van der Waals surface area contributed by atoms with Crippen molar-refractivity contribution in [3.8, 4) is 0 Å². The van der Waals surface area contributed by atoms with Gasteiger partial charge in [0.1, 0.15) is 12.2 Å². The number of nitrogens with zero attached hydrogens (tertiary/aromatic N) is 5. The van der Waals surface area contributed by atoms with Crippen molar-refractivity contribution in [2.24, 2.45) is 0 Å². The van der Waals surface area contributed by atoms with Gasteiger partial charge in [-0.15, -0.1) is 0 Å². The molecule has 120 valence electrons. The van der Waals surface area contributed by atoms with Crippen LogP contribution in [0.3, 0.4) is 0 Å². The van der Waals surface area contributed by atoms with Crippen molar-refractivity contribution < 1.29 is 13.6 Å². The Bertz CT molecular complexity index is 649. The molecule has 2 heterocycles. The van der Waals surface area contributed by atoms with Crippen LogP contribution in [0.15, 0.2) is 18.3 Å². The fourth-order valence-electron chi connectivity index (χ4n) is 2.16. The highest BCUT2D eigenvalue weighted by Gasteiger charge is 2.17. The van der Waals surface area contributed by atoms with E-state index in [1.54, 1.807) is 24.9 Å². The summed E-state index contributed by atoms with van der Waals surface area (Å²) in [7, 11) is 1.67. The average Bonchev–Trinajstić information content (AvgIpc) is 3.06. The molecule has 8 heteroatoms. The first-order chi connectivity index (χ1) is 10.4. The van der Waals surface area contributed by atoms with E-state index in [-0.39, 0.29) is 18.1 Å². The molecule has 0 bridgehead atoms. The Hall–Kier alpha value is -2.25. The van der Waals surface area contributed by atoms with Gasteiger partial charge in [-0.05, 0) is 26.0 Å². The molecule has 0 saturated heterocycles. The molecule has 0 radical (unpaired) electrons. The summed E-state index contributed by atoms with van der Waals surface area (Å²) in [6, 6.07) is 3.14. The van der Waals surface area contributed by atoms with E-state index in [0.717, 1.165) is 12.2 Å². The molecule has 0 aliphatic heterocycles. The maximum atomic E-state index is 12.6. The lowest BCUT2D eigenvalue weighted by molar-refractivity contribution is -0.131. The third-order valence-corrected chi connectivity index (χ3v) is 3.44. The third-order valence-electron chi connectivity index (χ3n) is 3.44. The molecule has 2 aromatic heterocycles. The second-order valence-corrected chi connectivity index (χ2v) is 5.06. The maximum Gasteiger partial charge on any atom is 0.282 e. The van der Waals surface area contributed by atoms with Gasteiger partial charge in [-0.25, -0.2) is 8.78 Å². The lowest BCUT2D eigenvalue weighted by Gasteiger charge is -2.18. The highest BCUT2D eigenvalue weighted by atomic mass is 19.3. The monoisotopic (exact) mass is 311 g/mol. The molecule has 6 nitrogen and oxygen atoms in total. The molecule has 0 aliphatic carbocycles. The fraction of sp³-hybridized carbons (Fsp3) is 0.500. The fourth-order valence-corrected chi connectivity index (χ4v) is 2.16. The minimum atomic E-state index is -2.63. The summed E-state index contributed by atoms with van der Waals surface area (Å²) >= 11 is 0.